The van der Waals surface area contributed by atoms with Gasteiger partial charge >= 0.3 is 0 Å². The van der Waals surface area contributed by atoms with Crippen molar-refractivity contribution in [3.63, 3.8) is 0 Å². The fourth-order valence-corrected chi connectivity index (χ4v) is 5.16. The lowest BCUT2D eigenvalue weighted by molar-refractivity contribution is -0.112. The summed E-state index contributed by atoms with van der Waals surface area (Å²) >= 11 is 7.43. The summed E-state index contributed by atoms with van der Waals surface area (Å²) in [6.07, 6.45) is 5.45. The number of fused-ring (bicyclic) bond motifs is 1. The van der Waals surface area contributed by atoms with Gasteiger partial charge in [-0.15, -0.1) is 11.3 Å². The van der Waals surface area contributed by atoms with Gasteiger partial charge < -0.3 is 10.1 Å². The fourth-order valence-electron chi connectivity index (χ4n) is 3.71. The number of amides is 1. The monoisotopic (exact) mass is 473 g/mol. The molecule has 0 fully saturated rings. The number of nitriles is 2. The van der Waals surface area contributed by atoms with Gasteiger partial charge in [0.25, 0.3) is 5.91 Å². The van der Waals surface area contributed by atoms with Crippen LogP contribution in [0.4, 0.5) is 5.00 Å². The molecule has 5 nitrogen and oxygen atoms in total. The highest BCUT2D eigenvalue weighted by molar-refractivity contribution is 7.16. The normalized spacial score (nSPS) is 12.9. The Kier molecular flexibility index (Phi) is 7.10. The summed E-state index contributed by atoms with van der Waals surface area (Å²) in [6, 6.07) is 18.8. The van der Waals surface area contributed by atoms with Gasteiger partial charge in [-0.25, -0.2) is 0 Å². The van der Waals surface area contributed by atoms with Crippen molar-refractivity contribution in [3.05, 3.63) is 86.3 Å². The van der Waals surface area contributed by atoms with E-state index >= 15 is 0 Å². The van der Waals surface area contributed by atoms with Crippen LogP contribution in [0.25, 0.3) is 6.08 Å². The minimum Gasteiger partial charge on any atom is -0.489 e. The Morgan fingerprint density at radius 2 is 1.94 bits per heavy atom. The van der Waals surface area contributed by atoms with Gasteiger partial charge in [0.15, 0.2) is 0 Å². The van der Waals surface area contributed by atoms with E-state index in [1.54, 1.807) is 24.3 Å². The number of rotatable bonds is 6. The molecule has 2 aromatic carbocycles. The molecule has 0 saturated heterocycles. The molecule has 33 heavy (non-hydrogen) atoms. The Balaban J connectivity index is 1.44. The van der Waals surface area contributed by atoms with Crippen LogP contribution in [0.1, 0.15) is 40.0 Å². The van der Waals surface area contributed by atoms with Crippen LogP contribution >= 0.6 is 22.9 Å². The van der Waals surface area contributed by atoms with E-state index in [0.717, 1.165) is 41.7 Å². The molecule has 7 heteroatoms. The lowest BCUT2D eigenvalue weighted by Crippen LogP contribution is -2.13. The molecule has 4 rings (SSSR count). The molecule has 1 N–H and O–H groups in total. The maximum atomic E-state index is 12.7. The molecule has 164 valence electrons. The molecule has 1 aromatic heterocycles. The number of aryl methyl sites for hydroxylation is 1. The van der Waals surface area contributed by atoms with E-state index in [4.69, 9.17) is 16.3 Å². The predicted molar refractivity (Wildman–Crippen MR) is 130 cm³/mol. The minimum absolute atomic E-state index is 0.0298. The van der Waals surface area contributed by atoms with Crippen LogP contribution in [0.2, 0.25) is 5.02 Å². The van der Waals surface area contributed by atoms with Crippen molar-refractivity contribution in [3.8, 4) is 17.9 Å². The van der Waals surface area contributed by atoms with Gasteiger partial charge in [-0.1, -0.05) is 35.9 Å². The van der Waals surface area contributed by atoms with E-state index in [1.165, 1.54) is 17.4 Å². The summed E-state index contributed by atoms with van der Waals surface area (Å²) in [6.45, 7) is 0.383. The van der Waals surface area contributed by atoms with E-state index < -0.39 is 5.91 Å². The largest absolute Gasteiger partial charge is 0.489 e. The van der Waals surface area contributed by atoms with Crippen molar-refractivity contribution >= 4 is 39.9 Å². The summed E-state index contributed by atoms with van der Waals surface area (Å²) < 4.78 is 5.77. The smallest absolute Gasteiger partial charge is 0.266 e. The van der Waals surface area contributed by atoms with Crippen molar-refractivity contribution < 1.29 is 9.53 Å². The van der Waals surface area contributed by atoms with E-state index in [1.807, 2.05) is 30.3 Å². The second-order valence-corrected chi connectivity index (χ2v) is 9.18. The molecule has 0 saturated carbocycles. The third-order valence-corrected chi connectivity index (χ3v) is 6.80. The summed E-state index contributed by atoms with van der Waals surface area (Å²) in [4.78, 5) is 13.9. The number of carbonyl (C=O) groups is 1. The van der Waals surface area contributed by atoms with Gasteiger partial charge in [0.2, 0.25) is 0 Å². The fraction of sp³-hybridized carbons (Fsp3) is 0.192. The standard InChI is InChI=1S/C26H20ClN3O2S/c27-20-5-3-4-18(13-20)16-32-21-10-8-17(9-11-21)12-19(14-28)25(31)30-26-23(15-29)22-6-1-2-7-24(22)33-26/h3-5,8-13H,1-2,6-7,16H2,(H,30,31)/b19-12+. The molecule has 1 aliphatic rings. The number of ether oxygens (including phenoxy) is 1. The number of nitrogens with zero attached hydrogens (tertiary/aromatic N) is 2. The zero-order valence-corrected chi connectivity index (χ0v) is 19.3. The summed E-state index contributed by atoms with van der Waals surface area (Å²) in [5, 5.41) is 23.1. The predicted octanol–water partition coefficient (Wildman–Crippen LogP) is 6.28. The Morgan fingerprint density at radius 3 is 2.67 bits per heavy atom. The van der Waals surface area contributed by atoms with Crippen molar-refractivity contribution in [1.29, 1.82) is 10.5 Å². The molecule has 0 atom stereocenters. The topological polar surface area (TPSA) is 85.9 Å². The van der Waals surface area contributed by atoms with E-state index in [0.29, 0.717) is 33.5 Å². The number of hydrogen-bond donors (Lipinski definition) is 1. The Bertz CT molecular complexity index is 1300. The number of nitrogens with one attached hydrogen (secondary N) is 1. The highest BCUT2D eigenvalue weighted by Gasteiger charge is 2.22. The third-order valence-electron chi connectivity index (χ3n) is 5.36. The van der Waals surface area contributed by atoms with Crippen molar-refractivity contribution in [2.45, 2.75) is 32.3 Å². The molecule has 0 unspecified atom stereocenters. The maximum absolute atomic E-state index is 12.7. The lowest BCUT2D eigenvalue weighted by Gasteiger charge is -2.09. The molecular formula is C26H20ClN3O2S. The minimum atomic E-state index is -0.520. The second kappa shape index (κ2) is 10.4. The SMILES string of the molecule is N#C/C(=C\c1ccc(OCc2cccc(Cl)c2)cc1)C(=O)Nc1sc2c(c1C#N)CCCC2. The summed E-state index contributed by atoms with van der Waals surface area (Å²) in [7, 11) is 0. The molecule has 0 radical (unpaired) electrons. The van der Waals surface area contributed by atoms with Crippen LogP contribution in [0.5, 0.6) is 5.75 Å². The van der Waals surface area contributed by atoms with E-state index in [-0.39, 0.29) is 5.57 Å². The molecule has 0 spiro atoms. The highest BCUT2D eigenvalue weighted by Crippen LogP contribution is 2.37. The van der Waals surface area contributed by atoms with Crippen molar-refractivity contribution in [2.24, 2.45) is 0 Å². The van der Waals surface area contributed by atoms with E-state index in [9.17, 15) is 15.3 Å². The van der Waals surface area contributed by atoms with Gasteiger partial charge in [-0.3, -0.25) is 4.79 Å². The Labute approximate surface area is 201 Å². The molecule has 1 heterocycles. The molecule has 0 bridgehead atoms. The first-order valence-electron chi connectivity index (χ1n) is 10.5. The molecule has 0 aliphatic heterocycles. The number of anilines is 1. The maximum Gasteiger partial charge on any atom is 0.266 e. The third kappa shape index (κ3) is 5.43. The van der Waals surface area contributed by atoms with Crippen LogP contribution in [-0.4, -0.2) is 5.91 Å². The number of thiophene rings is 1. The molecule has 1 aliphatic carbocycles. The first-order chi connectivity index (χ1) is 16.1. The Hall–Kier alpha value is -3.58. The number of halogens is 1. The van der Waals surface area contributed by atoms with Crippen LogP contribution in [0.3, 0.4) is 0 Å². The van der Waals surface area contributed by atoms with Crippen LogP contribution in [0, 0.1) is 22.7 Å². The zero-order valence-electron chi connectivity index (χ0n) is 17.7. The van der Waals surface area contributed by atoms with Crippen molar-refractivity contribution in [1.82, 2.24) is 0 Å². The average molecular weight is 474 g/mol. The van der Waals surface area contributed by atoms with Crippen LogP contribution in [0.15, 0.2) is 54.1 Å². The summed E-state index contributed by atoms with van der Waals surface area (Å²) in [5.41, 5.74) is 3.20. The van der Waals surface area contributed by atoms with Gasteiger partial charge in [0, 0.05) is 9.90 Å². The number of hydrogen-bond acceptors (Lipinski definition) is 5. The highest BCUT2D eigenvalue weighted by atomic mass is 35.5. The molecule has 3 aromatic rings. The van der Waals surface area contributed by atoms with Crippen LogP contribution < -0.4 is 10.1 Å². The average Bonchev–Trinajstić information content (AvgIpc) is 3.18. The first kappa shape index (κ1) is 22.6. The van der Waals surface area contributed by atoms with Crippen LogP contribution in [-0.2, 0) is 24.2 Å². The first-order valence-corrected chi connectivity index (χ1v) is 11.7. The van der Waals surface area contributed by atoms with Gasteiger partial charge in [0.05, 0.1) is 5.56 Å². The number of benzene rings is 2. The Morgan fingerprint density at radius 1 is 1.15 bits per heavy atom. The lowest BCUT2D eigenvalue weighted by atomic mass is 9.96. The quantitative estimate of drug-likeness (QED) is 0.337. The van der Waals surface area contributed by atoms with E-state index in [2.05, 4.69) is 11.4 Å². The van der Waals surface area contributed by atoms with Gasteiger partial charge in [-0.2, -0.15) is 10.5 Å². The van der Waals surface area contributed by atoms with Gasteiger partial charge in [-0.05, 0) is 72.7 Å². The zero-order chi connectivity index (χ0) is 23.2. The molecular weight excluding hydrogens is 454 g/mol. The second-order valence-electron chi connectivity index (χ2n) is 7.64. The number of carbonyl (C=O) groups excluding carboxylic acids is 1. The van der Waals surface area contributed by atoms with Gasteiger partial charge in [0.1, 0.15) is 35.1 Å². The van der Waals surface area contributed by atoms with Crippen molar-refractivity contribution in [2.75, 3.05) is 5.32 Å². The molecule has 1 amide bonds. The summed E-state index contributed by atoms with van der Waals surface area (Å²) in [5.74, 6) is 0.145.